The van der Waals surface area contributed by atoms with Gasteiger partial charge in [0, 0.05) is 12.2 Å². The quantitative estimate of drug-likeness (QED) is 0.572. The lowest BCUT2D eigenvalue weighted by Gasteiger charge is -2.34. The van der Waals surface area contributed by atoms with Crippen LogP contribution in [0.5, 0.6) is 11.5 Å². The maximum absolute atomic E-state index is 9.55. The first kappa shape index (κ1) is 24.1. The van der Waals surface area contributed by atoms with E-state index in [1.54, 1.807) is 0 Å². The van der Waals surface area contributed by atoms with Crippen molar-refractivity contribution in [1.29, 1.82) is 0 Å². The highest BCUT2D eigenvalue weighted by molar-refractivity contribution is 5.89. The second-order valence-electron chi connectivity index (χ2n) is 7.74. The van der Waals surface area contributed by atoms with Crippen LogP contribution in [0.3, 0.4) is 0 Å². The van der Waals surface area contributed by atoms with Crippen molar-refractivity contribution >= 4 is 17.6 Å². The molecule has 0 aliphatic carbocycles. The van der Waals surface area contributed by atoms with Gasteiger partial charge in [0.1, 0.15) is 24.7 Å². The fourth-order valence-corrected chi connectivity index (χ4v) is 4.05. The second-order valence-corrected chi connectivity index (χ2v) is 7.74. The predicted molar refractivity (Wildman–Crippen MR) is 126 cm³/mol. The molecule has 0 aromatic heterocycles. The first-order chi connectivity index (χ1) is 16.0. The van der Waals surface area contributed by atoms with Crippen LogP contribution in [0.4, 0.5) is 5.69 Å². The number of aliphatic carboxylic acids is 2. The number of ether oxygens (including phenoxy) is 2. The fraction of sp³-hybridized carbons (Fsp3) is 0.360. The molecule has 2 aliphatic rings. The van der Waals surface area contributed by atoms with Crippen molar-refractivity contribution < 1.29 is 29.3 Å². The summed E-state index contributed by atoms with van der Waals surface area (Å²) in [5, 5.41) is 19.1. The van der Waals surface area contributed by atoms with Gasteiger partial charge >= 0.3 is 11.9 Å². The average Bonchev–Trinajstić information content (AvgIpc) is 3.05. The van der Waals surface area contributed by atoms with Gasteiger partial charge < -0.3 is 29.9 Å². The number of hydrogen-bond donors (Lipinski definition) is 3. The number of rotatable bonds is 6. The SMILES string of the molecule is Cc1c2c(cc3c1N(CCOc1ccccc1)CCO3)CCNCC2.O=C(O)/C=C/C(=O)O. The molecule has 0 amide bonds. The van der Waals surface area contributed by atoms with Gasteiger partial charge in [-0.05, 0) is 67.7 Å². The molecule has 2 aromatic carbocycles. The molecule has 2 heterocycles. The van der Waals surface area contributed by atoms with Crippen LogP contribution in [-0.4, -0.2) is 61.5 Å². The number of anilines is 1. The summed E-state index contributed by atoms with van der Waals surface area (Å²) in [6.07, 6.45) is 3.30. The molecule has 3 N–H and O–H groups in total. The van der Waals surface area contributed by atoms with E-state index in [1.807, 2.05) is 30.3 Å². The Morgan fingerprint density at radius 1 is 1.12 bits per heavy atom. The summed E-state index contributed by atoms with van der Waals surface area (Å²) < 4.78 is 11.9. The third-order valence-corrected chi connectivity index (χ3v) is 5.53. The zero-order valence-corrected chi connectivity index (χ0v) is 18.8. The van der Waals surface area contributed by atoms with Crippen LogP contribution in [-0.2, 0) is 22.4 Å². The van der Waals surface area contributed by atoms with Gasteiger partial charge in [-0.25, -0.2) is 9.59 Å². The highest BCUT2D eigenvalue weighted by Gasteiger charge is 2.24. The van der Waals surface area contributed by atoms with Gasteiger partial charge in [0.05, 0.1) is 18.8 Å². The molecule has 0 unspecified atom stereocenters. The zero-order chi connectivity index (χ0) is 23.6. The molecule has 33 heavy (non-hydrogen) atoms. The monoisotopic (exact) mass is 454 g/mol. The zero-order valence-electron chi connectivity index (χ0n) is 18.8. The molecule has 0 spiro atoms. The lowest BCUT2D eigenvalue weighted by Crippen LogP contribution is -2.36. The largest absolute Gasteiger partial charge is 0.492 e. The number of nitrogens with one attached hydrogen (secondary N) is 1. The number of nitrogens with zero attached hydrogens (tertiary/aromatic N) is 1. The summed E-state index contributed by atoms with van der Waals surface area (Å²) in [5.41, 5.74) is 5.60. The average molecular weight is 455 g/mol. The number of benzene rings is 2. The fourth-order valence-electron chi connectivity index (χ4n) is 4.05. The van der Waals surface area contributed by atoms with E-state index in [9.17, 15) is 9.59 Å². The van der Waals surface area contributed by atoms with E-state index >= 15 is 0 Å². The molecule has 0 saturated heterocycles. The van der Waals surface area contributed by atoms with Crippen molar-refractivity contribution in [3.05, 3.63) is 65.2 Å². The third kappa shape index (κ3) is 6.98. The van der Waals surface area contributed by atoms with Crippen molar-refractivity contribution in [2.75, 3.05) is 44.3 Å². The molecule has 8 heteroatoms. The molecule has 0 saturated carbocycles. The Labute approximate surface area is 193 Å². The van der Waals surface area contributed by atoms with Crippen molar-refractivity contribution in [2.45, 2.75) is 19.8 Å². The number of para-hydroxylation sites is 1. The van der Waals surface area contributed by atoms with Gasteiger partial charge in [0.15, 0.2) is 0 Å². The Bertz CT molecular complexity index is 974. The Kier molecular flexibility index (Phi) is 8.71. The summed E-state index contributed by atoms with van der Waals surface area (Å²) >= 11 is 0. The van der Waals surface area contributed by atoms with E-state index in [-0.39, 0.29) is 0 Å². The third-order valence-electron chi connectivity index (χ3n) is 5.53. The van der Waals surface area contributed by atoms with Gasteiger partial charge in [0.25, 0.3) is 0 Å². The van der Waals surface area contributed by atoms with Crippen LogP contribution in [0, 0.1) is 6.92 Å². The van der Waals surface area contributed by atoms with Crippen LogP contribution in [0.15, 0.2) is 48.6 Å². The first-order valence-corrected chi connectivity index (χ1v) is 11.0. The summed E-state index contributed by atoms with van der Waals surface area (Å²) in [7, 11) is 0. The van der Waals surface area contributed by atoms with E-state index in [1.165, 1.54) is 22.4 Å². The molecule has 0 fully saturated rings. The van der Waals surface area contributed by atoms with E-state index in [4.69, 9.17) is 19.7 Å². The highest BCUT2D eigenvalue weighted by atomic mass is 16.5. The summed E-state index contributed by atoms with van der Waals surface area (Å²) in [6.45, 7) is 7.59. The van der Waals surface area contributed by atoms with Crippen molar-refractivity contribution in [1.82, 2.24) is 5.32 Å². The molecular formula is C25H30N2O6. The second kappa shape index (κ2) is 11.9. The van der Waals surface area contributed by atoms with Crippen LogP contribution < -0.4 is 19.7 Å². The summed E-state index contributed by atoms with van der Waals surface area (Å²) in [6, 6.07) is 12.3. The minimum Gasteiger partial charge on any atom is -0.492 e. The maximum Gasteiger partial charge on any atom is 0.328 e. The van der Waals surface area contributed by atoms with E-state index in [0.717, 1.165) is 57.1 Å². The van der Waals surface area contributed by atoms with Crippen molar-refractivity contribution in [3.63, 3.8) is 0 Å². The summed E-state index contributed by atoms with van der Waals surface area (Å²) in [5.74, 6) is -0.537. The Morgan fingerprint density at radius 3 is 2.52 bits per heavy atom. The smallest absolute Gasteiger partial charge is 0.328 e. The minimum absolute atomic E-state index is 0.558. The first-order valence-electron chi connectivity index (χ1n) is 11.0. The van der Waals surface area contributed by atoms with Crippen LogP contribution in [0.2, 0.25) is 0 Å². The molecule has 8 nitrogen and oxygen atoms in total. The van der Waals surface area contributed by atoms with Gasteiger partial charge in [-0.2, -0.15) is 0 Å². The van der Waals surface area contributed by atoms with E-state index in [0.29, 0.717) is 18.8 Å². The van der Waals surface area contributed by atoms with E-state index in [2.05, 4.69) is 23.2 Å². The molecule has 0 bridgehead atoms. The molecule has 0 atom stereocenters. The summed E-state index contributed by atoms with van der Waals surface area (Å²) in [4.78, 5) is 21.5. The molecule has 2 aromatic rings. The topological polar surface area (TPSA) is 108 Å². The van der Waals surface area contributed by atoms with Crippen LogP contribution in [0.1, 0.15) is 16.7 Å². The van der Waals surface area contributed by atoms with Gasteiger partial charge in [-0.1, -0.05) is 18.2 Å². The van der Waals surface area contributed by atoms with Gasteiger partial charge in [-0.3, -0.25) is 0 Å². The number of fused-ring (bicyclic) bond motifs is 2. The van der Waals surface area contributed by atoms with Crippen LogP contribution >= 0.6 is 0 Å². The van der Waals surface area contributed by atoms with Crippen molar-refractivity contribution in [3.8, 4) is 11.5 Å². The number of carbonyl (C=O) groups is 2. The molecule has 176 valence electrons. The highest BCUT2D eigenvalue weighted by Crippen LogP contribution is 2.39. The minimum atomic E-state index is -1.26. The Balaban J connectivity index is 0.000000331. The van der Waals surface area contributed by atoms with Gasteiger partial charge in [0.2, 0.25) is 0 Å². The standard InChI is InChI=1S/C21H26N2O2.C4H4O4/c1-16-19-8-10-22-9-7-17(19)15-20-21(16)23(12-14-25-20)11-13-24-18-5-3-2-4-6-18;5-3(6)1-2-4(7)8/h2-6,15,22H,7-14H2,1H3;1-2H,(H,5,6)(H,7,8)/b;2-1+. The van der Waals surface area contributed by atoms with E-state index < -0.39 is 11.9 Å². The van der Waals surface area contributed by atoms with Crippen molar-refractivity contribution in [2.24, 2.45) is 0 Å². The predicted octanol–water partition coefficient (Wildman–Crippen LogP) is 2.67. The molecule has 2 aliphatic heterocycles. The number of carboxylic acid groups (broad SMARTS) is 2. The lowest BCUT2D eigenvalue weighted by molar-refractivity contribution is -0.134. The van der Waals surface area contributed by atoms with Crippen LogP contribution in [0.25, 0.3) is 0 Å². The maximum atomic E-state index is 9.55. The number of hydrogen-bond acceptors (Lipinski definition) is 6. The Hall–Kier alpha value is -3.52. The molecule has 4 rings (SSSR count). The normalized spacial score (nSPS) is 14.8. The number of carboxylic acids is 2. The Morgan fingerprint density at radius 2 is 1.82 bits per heavy atom. The molecule has 0 radical (unpaired) electrons. The lowest BCUT2D eigenvalue weighted by atomic mass is 9.94. The van der Waals surface area contributed by atoms with Gasteiger partial charge in [-0.15, -0.1) is 0 Å². The molecular weight excluding hydrogens is 424 g/mol.